The third kappa shape index (κ3) is 10.8. The number of benzene rings is 3. The van der Waals surface area contributed by atoms with Crippen molar-refractivity contribution < 1.29 is 33.0 Å². The molecule has 5 N–H and O–H groups in total. The molecule has 3 aromatic rings. The lowest BCUT2D eigenvalue weighted by Crippen LogP contribution is -2.35. The molecule has 0 aromatic heterocycles. The van der Waals surface area contributed by atoms with Gasteiger partial charge in [-0.15, -0.1) is 0 Å². The summed E-state index contributed by atoms with van der Waals surface area (Å²) in [5.41, 5.74) is 3.88. The number of carbonyl (C=O) groups is 2. The largest absolute Gasteiger partial charge is 0.417 e. The fraction of sp³-hybridized carbons (Fsp3) is 0.382. The molecule has 1 aliphatic heterocycles. The number of anilines is 2. The van der Waals surface area contributed by atoms with Crippen LogP contribution < -0.4 is 21.0 Å². The van der Waals surface area contributed by atoms with Crippen LogP contribution in [0, 0.1) is 0 Å². The zero-order valence-corrected chi connectivity index (χ0v) is 27.2. The van der Waals surface area contributed by atoms with Crippen molar-refractivity contribution in [3.63, 3.8) is 0 Å². The van der Waals surface area contributed by atoms with Gasteiger partial charge in [0, 0.05) is 57.1 Å². The molecule has 48 heavy (non-hydrogen) atoms. The van der Waals surface area contributed by atoms with Gasteiger partial charge in [0.15, 0.2) is 0 Å². The fourth-order valence-corrected chi connectivity index (χ4v) is 5.57. The maximum atomic E-state index is 13.4. The number of aliphatic hydroxyl groups excluding tert-OH is 2. The second kappa shape index (κ2) is 17.9. The van der Waals surface area contributed by atoms with E-state index in [1.165, 1.54) is 6.07 Å². The number of hydrogen-bond acceptors (Lipinski definition) is 8. The van der Waals surface area contributed by atoms with E-state index in [9.17, 15) is 33.0 Å². The highest BCUT2D eigenvalue weighted by atomic mass is 35.5. The third-order valence-corrected chi connectivity index (χ3v) is 8.18. The molecule has 0 radical (unpaired) electrons. The summed E-state index contributed by atoms with van der Waals surface area (Å²) in [6, 6.07) is 15.5. The Kier molecular flexibility index (Phi) is 13.8. The zero-order chi connectivity index (χ0) is 34.5. The van der Waals surface area contributed by atoms with Crippen LogP contribution in [0.3, 0.4) is 0 Å². The molecule has 0 aliphatic carbocycles. The van der Waals surface area contributed by atoms with Gasteiger partial charge < -0.3 is 25.7 Å². The van der Waals surface area contributed by atoms with E-state index in [1.54, 1.807) is 30.3 Å². The van der Waals surface area contributed by atoms with Gasteiger partial charge in [0.2, 0.25) is 0 Å². The van der Waals surface area contributed by atoms with Gasteiger partial charge in [-0.25, -0.2) is 5.43 Å². The number of aliphatic hydroxyl groups is 2. The van der Waals surface area contributed by atoms with E-state index < -0.39 is 28.6 Å². The summed E-state index contributed by atoms with van der Waals surface area (Å²) >= 11 is 5.70. The van der Waals surface area contributed by atoms with Gasteiger partial charge in [-0.1, -0.05) is 29.8 Å². The molecule has 1 saturated heterocycles. The van der Waals surface area contributed by atoms with Gasteiger partial charge >= 0.3 is 6.18 Å². The highest BCUT2D eigenvalue weighted by Gasteiger charge is 2.33. The molecule has 0 atom stereocenters. The maximum absolute atomic E-state index is 13.4. The number of hydrazone groups is 1. The number of carbonyl (C=O) groups excluding carboxylic acids is 2. The molecule has 258 valence electrons. The van der Waals surface area contributed by atoms with Crippen molar-refractivity contribution in [2.45, 2.75) is 32.0 Å². The van der Waals surface area contributed by atoms with E-state index >= 15 is 0 Å². The van der Waals surface area contributed by atoms with Gasteiger partial charge in [-0.05, 0) is 72.9 Å². The van der Waals surface area contributed by atoms with E-state index in [0.29, 0.717) is 38.3 Å². The lowest BCUT2D eigenvalue weighted by molar-refractivity contribution is -0.137. The summed E-state index contributed by atoms with van der Waals surface area (Å²) in [7, 11) is 0. The van der Waals surface area contributed by atoms with Crippen LogP contribution >= 0.6 is 11.6 Å². The maximum Gasteiger partial charge on any atom is 0.417 e. The van der Waals surface area contributed by atoms with Gasteiger partial charge in [0.1, 0.15) is 0 Å². The van der Waals surface area contributed by atoms with Crippen LogP contribution in [-0.4, -0.2) is 85.6 Å². The molecular formula is C34H40ClF3N6O4. The first-order chi connectivity index (χ1) is 23.1. The minimum absolute atomic E-state index is 0.00422. The zero-order valence-electron chi connectivity index (χ0n) is 26.4. The molecule has 10 nitrogen and oxygen atoms in total. The first-order valence-electron chi connectivity index (χ1n) is 15.7. The van der Waals surface area contributed by atoms with Crippen LogP contribution in [0.2, 0.25) is 5.02 Å². The molecule has 0 spiro atoms. The number of piperidine rings is 1. The standard InChI is InChI=1S/C34H40ClF3N6O4/c35-30-9-7-25(20-29(30)34(36,37)38)23-40-42-33(48)28-21-27(44-12-2-1-3-13-44)8-10-31(28)41-32(47)26-6-4-5-24(19-26)22-39-11-14-43(15-17-45)16-18-46/h4-10,19-21,23,39,45-46H,1-3,11-18,22H2,(H,41,47)(H,42,48)/b40-23+. The van der Waals surface area contributed by atoms with E-state index in [1.807, 2.05) is 17.0 Å². The number of nitrogens with one attached hydrogen (secondary N) is 3. The van der Waals surface area contributed by atoms with Crippen molar-refractivity contribution in [3.8, 4) is 0 Å². The second-order valence-electron chi connectivity index (χ2n) is 11.3. The average molecular weight is 689 g/mol. The molecule has 0 saturated carbocycles. The molecular weight excluding hydrogens is 649 g/mol. The highest BCUT2D eigenvalue weighted by Crippen LogP contribution is 2.35. The predicted octanol–water partition coefficient (Wildman–Crippen LogP) is 4.74. The van der Waals surface area contributed by atoms with E-state index in [2.05, 4.69) is 26.1 Å². The highest BCUT2D eigenvalue weighted by molar-refractivity contribution is 6.31. The minimum Gasteiger partial charge on any atom is -0.395 e. The smallest absolute Gasteiger partial charge is 0.395 e. The van der Waals surface area contributed by atoms with Crippen molar-refractivity contribution in [1.29, 1.82) is 0 Å². The van der Waals surface area contributed by atoms with Crippen LogP contribution in [0.4, 0.5) is 24.5 Å². The van der Waals surface area contributed by atoms with Crippen LogP contribution in [0.1, 0.15) is 56.7 Å². The average Bonchev–Trinajstić information content (AvgIpc) is 3.07. The lowest BCUT2D eigenvalue weighted by Gasteiger charge is -2.29. The summed E-state index contributed by atoms with van der Waals surface area (Å²) in [6.07, 6.45) is -0.411. The normalized spacial score (nSPS) is 13.7. The Morgan fingerprint density at radius 3 is 2.40 bits per heavy atom. The molecule has 4 rings (SSSR count). The lowest BCUT2D eigenvalue weighted by atomic mass is 10.1. The fourth-order valence-electron chi connectivity index (χ4n) is 5.35. The van der Waals surface area contributed by atoms with Crippen molar-refractivity contribution in [2.24, 2.45) is 5.10 Å². The Bertz CT molecular complexity index is 1560. The Morgan fingerprint density at radius 1 is 0.938 bits per heavy atom. The molecule has 0 unspecified atom stereocenters. The van der Waals surface area contributed by atoms with Crippen molar-refractivity contribution in [2.75, 3.05) is 62.7 Å². The quantitative estimate of drug-likeness (QED) is 0.0887. The number of hydrogen-bond donors (Lipinski definition) is 5. The summed E-state index contributed by atoms with van der Waals surface area (Å²) in [5.74, 6) is -1.09. The van der Waals surface area contributed by atoms with Crippen molar-refractivity contribution in [1.82, 2.24) is 15.6 Å². The SMILES string of the molecule is O=C(Nc1ccc(N2CCCCC2)cc1C(=O)N/N=C/c1ccc(Cl)c(C(F)(F)F)c1)c1cccc(CNCCN(CCO)CCO)c1. The Morgan fingerprint density at radius 2 is 1.69 bits per heavy atom. The molecule has 1 aliphatic rings. The molecule has 1 heterocycles. The van der Waals surface area contributed by atoms with Crippen LogP contribution in [-0.2, 0) is 12.7 Å². The van der Waals surface area contributed by atoms with Gasteiger partial charge in [0.25, 0.3) is 11.8 Å². The van der Waals surface area contributed by atoms with Crippen LogP contribution in [0.5, 0.6) is 0 Å². The number of halogens is 4. The molecule has 2 amide bonds. The first kappa shape index (κ1) is 36.8. The topological polar surface area (TPSA) is 130 Å². The monoisotopic (exact) mass is 688 g/mol. The van der Waals surface area contributed by atoms with E-state index in [-0.39, 0.29) is 30.0 Å². The van der Waals surface area contributed by atoms with Crippen LogP contribution in [0.25, 0.3) is 0 Å². The number of alkyl halides is 3. The van der Waals surface area contributed by atoms with Crippen molar-refractivity contribution >= 4 is 41.0 Å². The third-order valence-electron chi connectivity index (χ3n) is 7.85. The minimum atomic E-state index is -4.65. The summed E-state index contributed by atoms with van der Waals surface area (Å²) in [6.45, 7) is 4.33. The number of amides is 2. The number of nitrogens with zero attached hydrogens (tertiary/aromatic N) is 3. The van der Waals surface area contributed by atoms with Crippen molar-refractivity contribution in [3.05, 3.63) is 93.5 Å². The Labute approximate surface area is 282 Å². The summed E-state index contributed by atoms with van der Waals surface area (Å²) in [4.78, 5) is 30.9. The summed E-state index contributed by atoms with van der Waals surface area (Å²) < 4.78 is 39.8. The molecule has 1 fully saturated rings. The Balaban J connectivity index is 1.47. The second-order valence-corrected chi connectivity index (χ2v) is 11.7. The first-order valence-corrected chi connectivity index (χ1v) is 16.1. The molecule has 0 bridgehead atoms. The number of rotatable bonds is 15. The van der Waals surface area contributed by atoms with E-state index in [4.69, 9.17) is 11.6 Å². The van der Waals surface area contributed by atoms with E-state index in [0.717, 1.165) is 62.0 Å². The van der Waals surface area contributed by atoms with Gasteiger partial charge in [0.05, 0.1) is 41.3 Å². The van der Waals surface area contributed by atoms with Crippen LogP contribution in [0.15, 0.2) is 65.8 Å². The Hall–Kier alpha value is -4.01. The van der Waals surface area contributed by atoms with Gasteiger partial charge in [-0.2, -0.15) is 18.3 Å². The predicted molar refractivity (Wildman–Crippen MR) is 181 cm³/mol. The van der Waals surface area contributed by atoms with Gasteiger partial charge in [-0.3, -0.25) is 14.5 Å². The summed E-state index contributed by atoms with van der Waals surface area (Å²) in [5, 5.41) is 27.9. The molecule has 3 aromatic carbocycles. The molecule has 14 heteroatoms.